The van der Waals surface area contributed by atoms with Crippen molar-refractivity contribution in [3.8, 4) is 0 Å². The van der Waals surface area contributed by atoms with Gasteiger partial charge in [-0.3, -0.25) is 5.10 Å². The molecule has 2 aromatic carbocycles. The van der Waals surface area contributed by atoms with Gasteiger partial charge in [-0.25, -0.2) is 27.9 Å². The second-order valence-electron chi connectivity index (χ2n) is 7.46. The zero-order valence-corrected chi connectivity index (χ0v) is 18.0. The van der Waals surface area contributed by atoms with Crippen LogP contribution < -0.4 is 10.0 Å². The summed E-state index contributed by atoms with van der Waals surface area (Å²) in [5.74, 6) is 1.29. The van der Waals surface area contributed by atoms with Gasteiger partial charge in [-0.05, 0) is 60.9 Å². The highest BCUT2D eigenvalue weighted by atomic mass is 32.2. The second kappa shape index (κ2) is 7.71. The molecule has 10 heteroatoms. The van der Waals surface area contributed by atoms with Gasteiger partial charge in [0, 0.05) is 25.1 Å². The Morgan fingerprint density at radius 3 is 2.68 bits per heavy atom. The highest BCUT2D eigenvalue weighted by Crippen LogP contribution is 2.29. The Morgan fingerprint density at radius 2 is 1.94 bits per heavy atom. The number of aromatic nitrogens is 4. The van der Waals surface area contributed by atoms with Crippen LogP contribution in [-0.4, -0.2) is 35.6 Å². The monoisotopic (exact) mass is 440 g/mol. The average molecular weight is 441 g/mol. The molecule has 0 amide bonds. The fourth-order valence-corrected chi connectivity index (χ4v) is 4.10. The maximum atomic E-state index is 14.1. The van der Waals surface area contributed by atoms with E-state index in [0.29, 0.717) is 34.8 Å². The van der Waals surface area contributed by atoms with Crippen molar-refractivity contribution in [1.82, 2.24) is 20.2 Å². The van der Waals surface area contributed by atoms with E-state index in [2.05, 4.69) is 20.2 Å². The van der Waals surface area contributed by atoms with Gasteiger partial charge in [-0.15, -0.1) is 0 Å². The molecule has 0 saturated heterocycles. The fourth-order valence-electron chi connectivity index (χ4n) is 3.43. The van der Waals surface area contributed by atoms with Gasteiger partial charge in [0.1, 0.15) is 17.5 Å². The van der Waals surface area contributed by atoms with Crippen LogP contribution in [0.25, 0.3) is 10.9 Å². The molecule has 0 aliphatic heterocycles. The zero-order chi connectivity index (χ0) is 22.3. The number of fused-ring (bicyclic) bond motifs is 1. The van der Waals surface area contributed by atoms with Gasteiger partial charge in [-0.1, -0.05) is 6.07 Å². The smallest absolute Gasteiger partial charge is 0.238 e. The summed E-state index contributed by atoms with van der Waals surface area (Å²) in [5.41, 5.74) is 2.76. The number of hydrogen-bond acceptors (Lipinski definition) is 6. The lowest BCUT2D eigenvalue weighted by Gasteiger charge is -2.16. The largest absolute Gasteiger partial charge is 0.312 e. The van der Waals surface area contributed by atoms with Crippen molar-refractivity contribution in [2.24, 2.45) is 5.14 Å². The number of rotatable bonds is 5. The van der Waals surface area contributed by atoms with Crippen LogP contribution >= 0.6 is 0 Å². The molecule has 0 bridgehead atoms. The summed E-state index contributed by atoms with van der Waals surface area (Å²) in [4.78, 5) is 10.7. The standard InChI is InChI=1S/C21H21FN6O2S/c1-12-6-14(9-15(7-12)31(23,29)30)10-19-24-5-4-20(25-19)28(3)21-16-11-17(22)13(2)8-18(16)26-27-21/h4-9,11H,10H2,1-3H3,(H,26,27)(H2,23,29,30). The zero-order valence-electron chi connectivity index (χ0n) is 17.2. The molecule has 0 fully saturated rings. The van der Waals surface area contributed by atoms with Crippen molar-refractivity contribution in [1.29, 1.82) is 0 Å². The minimum atomic E-state index is -3.81. The number of benzene rings is 2. The molecule has 0 aliphatic rings. The summed E-state index contributed by atoms with van der Waals surface area (Å²) in [6.07, 6.45) is 1.94. The Hall–Kier alpha value is -3.37. The Bertz CT molecular complexity index is 1400. The van der Waals surface area contributed by atoms with E-state index in [1.807, 2.05) is 6.07 Å². The van der Waals surface area contributed by atoms with E-state index in [1.54, 1.807) is 44.1 Å². The van der Waals surface area contributed by atoms with Crippen LogP contribution in [0.5, 0.6) is 0 Å². The minimum Gasteiger partial charge on any atom is -0.312 e. The lowest BCUT2D eigenvalue weighted by atomic mass is 10.1. The van der Waals surface area contributed by atoms with E-state index < -0.39 is 10.0 Å². The normalized spacial score (nSPS) is 11.8. The maximum absolute atomic E-state index is 14.1. The number of aromatic amines is 1. The number of H-pyrrole nitrogens is 1. The minimum absolute atomic E-state index is 0.0519. The molecule has 0 atom stereocenters. The SMILES string of the molecule is Cc1cc(Cc2nccc(N(C)c3n[nH]c4cc(C)c(F)cc34)n2)cc(S(N)(=O)=O)c1. The molecule has 4 rings (SSSR count). The third-order valence-electron chi connectivity index (χ3n) is 4.98. The summed E-state index contributed by atoms with van der Waals surface area (Å²) in [6.45, 7) is 3.50. The van der Waals surface area contributed by atoms with Gasteiger partial charge in [0.25, 0.3) is 0 Å². The predicted octanol–water partition coefficient (Wildman–Crippen LogP) is 3.11. The third-order valence-corrected chi connectivity index (χ3v) is 5.87. The Balaban J connectivity index is 1.67. The first-order valence-electron chi connectivity index (χ1n) is 9.45. The topological polar surface area (TPSA) is 118 Å². The van der Waals surface area contributed by atoms with Crippen molar-refractivity contribution < 1.29 is 12.8 Å². The number of nitrogens with one attached hydrogen (secondary N) is 1. The van der Waals surface area contributed by atoms with Crippen molar-refractivity contribution >= 4 is 32.6 Å². The number of nitrogens with two attached hydrogens (primary N) is 1. The van der Waals surface area contributed by atoms with E-state index in [9.17, 15) is 12.8 Å². The van der Waals surface area contributed by atoms with E-state index in [1.165, 1.54) is 18.2 Å². The molecule has 0 spiro atoms. The highest BCUT2D eigenvalue weighted by molar-refractivity contribution is 7.89. The summed E-state index contributed by atoms with van der Waals surface area (Å²) in [7, 11) is -2.03. The number of halogens is 1. The Morgan fingerprint density at radius 1 is 1.16 bits per heavy atom. The molecule has 0 radical (unpaired) electrons. The summed E-state index contributed by atoms with van der Waals surface area (Å²) in [6, 6.07) is 9.79. The van der Waals surface area contributed by atoms with Gasteiger partial charge in [0.2, 0.25) is 10.0 Å². The molecule has 160 valence electrons. The van der Waals surface area contributed by atoms with Gasteiger partial charge in [0.05, 0.1) is 10.4 Å². The van der Waals surface area contributed by atoms with E-state index in [-0.39, 0.29) is 10.7 Å². The number of nitrogens with zero attached hydrogens (tertiary/aromatic N) is 4. The maximum Gasteiger partial charge on any atom is 0.238 e. The van der Waals surface area contributed by atoms with Crippen LogP contribution in [0.2, 0.25) is 0 Å². The summed E-state index contributed by atoms with van der Waals surface area (Å²) >= 11 is 0. The molecule has 4 aromatic rings. The number of primary sulfonamides is 1. The molecule has 31 heavy (non-hydrogen) atoms. The molecule has 0 saturated carbocycles. The van der Waals surface area contributed by atoms with Crippen molar-refractivity contribution in [2.45, 2.75) is 25.2 Å². The first-order chi connectivity index (χ1) is 14.6. The predicted molar refractivity (Wildman–Crippen MR) is 116 cm³/mol. The third kappa shape index (κ3) is 4.25. The number of anilines is 2. The Kier molecular flexibility index (Phi) is 5.19. The van der Waals surface area contributed by atoms with Crippen LogP contribution in [0.4, 0.5) is 16.0 Å². The number of sulfonamides is 1. The van der Waals surface area contributed by atoms with Crippen LogP contribution in [0, 0.1) is 19.7 Å². The molecule has 3 N–H and O–H groups in total. The van der Waals surface area contributed by atoms with Crippen molar-refractivity contribution in [2.75, 3.05) is 11.9 Å². The van der Waals surface area contributed by atoms with Gasteiger partial charge in [0.15, 0.2) is 5.82 Å². The van der Waals surface area contributed by atoms with E-state index >= 15 is 0 Å². The lowest BCUT2D eigenvalue weighted by Crippen LogP contribution is -2.14. The van der Waals surface area contributed by atoms with Crippen LogP contribution in [0.15, 0.2) is 47.5 Å². The average Bonchev–Trinajstić information content (AvgIpc) is 3.09. The van der Waals surface area contributed by atoms with Crippen LogP contribution in [0.3, 0.4) is 0 Å². The molecule has 2 aromatic heterocycles. The number of aryl methyl sites for hydroxylation is 2. The van der Waals surface area contributed by atoms with Crippen molar-refractivity contribution in [3.63, 3.8) is 0 Å². The van der Waals surface area contributed by atoms with Crippen LogP contribution in [-0.2, 0) is 16.4 Å². The van der Waals surface area contributed by atoms with Crippen LogP contribution in [0.1, 0.15) is 22.5 Å². The second-order valence-corrected chi connectivity index (χ2v) is 9.02. The highest BCUT2D eigenvalue weighted by Gasteiger charge is 2.16. The first kappa shape index (κ1) is 20.9. The molecular weight excluding hydrogens is 419 g/mol. The van der Waals surface area contributed by atoms with E-state index in [0.717, 1.165) is 16.6 Å². The molecule has 0 aliphatic carbocycles. The number of hydrogen-bond donors (Lipinski definition) is 2. The summed E-state index contributed by atoms with van der Waals surface area (Å²) in [5, 5.41) is 13.1. The van der Waals surface area contributed by atoms with Crippen molar-refractivity contribution in [3.05, 3.63) is 70.9 Å². The molecule has 2 heterocycles. The fraction of sp³-hybridized carbons (Fsp3) is 0.190. The first-order valence-corrected chi connectivity index (χ1v) is 11.0. The molecule has 8 nitrogen and oxygen atoms in total. The lowest BCUT2D eigenvalue weighted by molar-refractivity contribution is 0.597. The molecular formula is C21H21FN6O2S. The summed E-state index contributed by atoms with van der Waals surface area (Å²) < 4.78 is 37.5. The van der Waals surface area contributed by atoms with Gasteiger partial charge < -0.3 is 4.90 Å². The Labute approximate surface area is 179 Å². The quantitative estimate of drug-likeness (QED) is 0.492. The van der Waals surface area contributed by atoms with Gasteiger partial charge >= 0.3 is 0 Å². The molecule has 0 unspecified atom stereocenters. The van der Waals surface area contributed by atoms with E-state index in [4.69, 9.17) is 5.14 Å². The van der Waals surface area contributed by atoms with Gasteiger partial charge in [-0.2, -0.15) is 5.10 Å².